The number of carbonyl (C=O) groups is 2. The molecular formula is C15H14N4O2S. The van der Waals surface area contributed by atoms with Crippen LogP contribution in [0, 0.1) is 0 Å². The van der Waals surface area contributed by atoms with Crippen LogP contribution in [0.4, 0.5) is 5.13 Å². The summed E-state index contributed by atoms with van der Waals surface area (Å²) in [5.74, 6) is -0.608. The zero-order valence-corrected chi connectivity index (χ0v) is 12.5. The Morgan fingerprint density at radius 1 is 1.27 bits per heavy atom. The molecule has 6 nitrogen and oxygen atoms in total. The van der Waals surface area contributed by atoms with Gasteiger partial charge in [-0.2, -0.15) is 0 Å². The first-order valence-electron chi connectivity index (χ1n) is 6.68. The summed E-state index contributed by atoms with van der Waals surface area (Å²) in [5.41, 5.74) is 6.69. The third kappa shape index (κ3) is 3.15. The van der Waals surface area contributed by atoms with Gasteiger partial charge in [-0.05, 0) is 17.5 Å². The Balaban J connectivity index is 1.67. The van der Waals surface area contributed by atoms with Crippen LogP contribution in [-0.4, -0.2) is 21.4 Å². The average molecular weight is 314 g/mol. The standard InChI is InChI=1S/C15H14N4O2S/c16-13(20)7-11-9-22-15(17-11)18-14(21)8-19-6-5-10-3-1-2-4-12(10)19/h1-6,9H,7-8H2,(H2,16,20)(H,17,18,21). The van der Waals surface area contributed by atoms with Gasteiger partial charge in [0.2, 0.25) is 11.8 Å². The first-order chi connectivity index (χ1) is 10.6. The maximum absolute atomic E-state index is 12.1. The lowest BCUT2D eigenvalue weighted by atomic mass is 10.2. The van der Waals surface area contributed by atoms with Gasteiger partial charge in [0.1, 0.15) is 6.54 Å². The molecule has 112 valence electrons. The van der Waals surface area contributed by atoms with E-state index in [2.05, 4.69) is 10.3 Å². The van der Waals surface area contributed by atoms with Crippen LogP contribution in [0.1, 0.15) is 5.69 Å². The van der Waals surface area contributed by atoms with E-state index in [1.165, 1.54) is 11.3 Å². The Morgan fingerprint density at radius 3 is 2.91 bits per heavy atom. The lowest BCUT2D eigenvalue weighted by molar-refractivity contribution is -0.117. The highest BCUT2D eigenvalue weighted by molar-refractivity contribution is 7.13. The monoisotopic (exact) mass is 314 g/mol. The quantitative estimate of drug-likeness (QED) is 0.752. The zero-order valence-electron chi connectivity index (χ0n) is 11.7. The molecule has 0 radical (unpaired) electrons. The minimum Gasteiger partial charge on any atom is -0.369 e. The molecule has 0 unspecified atom stereocenters. The second-order valence-electron chi connectivity index (χ2n) is 4.84. The molecule has 0 atom stereocenters. The van der Waals surface area contributed by atoms with Crippen LogP contribution >= 0.6 is 11.3 Å². The second-order valence-corrected chi connectivity index (χ2v) is 5.70. The summed E-state index contributed by atoms with van der Waals surface area (Å²) in [5, 5.41) is 6.01. The Kier molecular flexibility index (Phi) is 3.88. The van der Waals surface area contributed by atoms with E-state index in [1.807, 2.05) is 41.1 Å². The molecular weight excluding hydrogens is 300 g/mol. The van der Waals surface area contributed by atoms with Crippen molar-refractivity contribution >= 4 is 39.2 Å². The van der Waals surface area contributed by atoms with Gasteiger partial charge in [-0.1, -0.05) is 18.2 Å². The highest BCUT2D eigenvalue weighted by Crippen LogP contribution is 2.17. The summed E-state index contributed by atoms with van der Waals surface area (Å²) >= 11 is 1.28. The number of thiazole rings is 1. The van der Waals surface area contributed by atoms with Gasteiger partial charge < -0.3 is 15.6 Å². The lowest BCUT2D eigenvalue weighted by Gasteiger charge is -2.05. The molecule has 0 fully saturated rings. The molecule has 7 heteroatoms. The Bertz CT molecular complexity index is 837. The molecule has 0 spiro atoms. The van der Waals surface area contributed by atoms with Crippen molar-refractivity contribution in [1.29, 1.82) is 0 Å². The predicted molar refractivity (Wildman–Crippen MR) is 85.6 cm³/mol. The van der Waals surface area contributed by atoms with Crippen LogP contribution in [0.2, 0.25) is 0 Å². The molecule has 2 aromatic heterocycles. The van der Waals surface area contributed by atoms with Gasteiger partial charge >= 0.3 is 0 Å². The van der Waals surface area contributed by atoms with Crippen LogP contribution in [0.25, 0.3) is 10.9 Å². The predicted octanol–water partition coefficient (Wildman–Crippen LogP) is 1.76. The number of nitrogens with two attached hydrogens (primary N) is 1. The van der Waals surface area contributed by atoms with Crippen molar-refractivity contribution in [2.24, 2.45) is 5.73 Å². The summed E-state index contributed by atoms with van der Waals surface area (Å²) in [6.07, 6.45) is 1.96. The van der Waals surface area contributed by atoms with E-state index in [4.69, 9.17) is 5.73 Å². The number of fused-ring (bicyclic) bond motifs is 1. The fraction of sp³-hybridized carbons (Fsp3) is 0.133. The number of hydrogen-bond donors (Lipinski definition) is 2. The SMILES string of the molecule is NC(=O)Cc1csc(NC(=O)Cn2ccc3ccccc32)n1. The smallest absolute Gasteiger partial charge is 0.246 e. The van der Waals surface area contributed by atoms with Gasteiger partial charge in [-0.25, -0.2) is 4.98 Å². The van der Waals surface area contributed by atoms with Crippen molar-refractivity contribution in [1.82, 2.24) is 9.55 Å². The second kappa shape index (κ2) is 5.98. The van der Waals surface area contributed by atoms with E-state index >= 15 is 0 Å². The molecule has 3 rings (SSSR count). The van der Waals surface area contributed by atoms with Crippen molar-refractivity contribution in [3.05, 3.63) is 47.6 Å². The van der Waals surface area contributed by atoms with Crippen LogP contribution in [-0.2, 0) is 22.6 Å². The van der Waals surface area contributed by atoms with E-state index in [1.54, 1.807) is 5.38 Å². The average Bonchev–Trinajstić information content (AvgIpc) is 3.06. The lowest BCUT2D eigenvalue weighted by Crippen LogP contribution is -2.18. The first kappa shape index (κ1) is 14.3. The molecule has 0 bridgehead atoms. The summed E-state index contributed by atoms with van der Waals surface area (Å²) in [6.45, 7) is 0.207. The number of nitrogens with zero attached hydrogens (tertiary/aromatic N) is 2. The van der Waals surface area contributed by atoms with Gasteiger partial charge in [0.05, 0.1) is 12.1 Å². The van der Waals surface area contributed by atoms with Crippen LogP contribution < -0.4 is 11.1 Å². The number of nitrogens with one attached hydrogen (secondary N) is 1. The van der Waals surface area contributed by atoms with Crippen molar-refractivity contribution in [2.75, 3.05) is 5.32 Å². The van der Waals surface area contributed by atoms with E-state index in [0.29, 0.717) is 10.8 Å². The van der Waals surface area contributed by atoms with E-state index < -0.39 is 5.91 Å². The summed E-state index contributed by atoms with van der Waals surface area (Å²) in [7, 11) is 0. The van der Waals surface area contributed by atoms with Gasteiger partial charge in [0, 0.05) is 17.1 Å². The first-order valence-corrected chi connectivity index (χ1v) is 7.56. The Hall–Kier alpha value is -2.67. The molecule has 2 heterocycles. The summed E-state index contributed by atoms with van der Waals surface area (Å²) < 4.78 is 1.88. The summed E-state index contributed by atoms with van der Waals surface area (Å²) in [4.78, 5) is 27.1. The summed E-state index contributed by atoms with van der Waals surface area (Å²) in [6, 6.07) is 9.84. The molecule has 3 aromatic rings. The minimum absolute atomic E-state index is 0.0780. The number of amides is 2. The van der Waals surface area contributed by atoms with E-state index in [-0.39, 0.29) is 18.9 Å². The van der Waals surface area contributed by atoms with Gasteiger partial charge in [-0.15, -0.1) is 11.3 Å². The molecule has 0 saturated carbocycles. The van der Waals surface area contributed by atoms with Crippen molar-refractivity contribution in [2.45, 2.75) is 13.0 Å². The van der Waals surface area contributed by atoms with Crippen molar-refractivity contribution in [3.8, 4) is 0 Å². The van der Waals surface area contributed by atoms with Crippen LogP contribution in [0.3, 0.4) is 0 Å². The van der Waals surface area contributed by atoms with E-state index in [0.717, 1.165) is 10.9 Å². The molecule has 0 aliphatic carbocycles. The fourth-order valence-electron chi connectivity index (χ4n) is 2.22. The van der Waals surface area contributed by atoms with Crippen molar-refractivity contribution < 1.29 is 9.59 Å². The highest BCUT2D eigenvalue weighted by Gasteiger charge is 2.10. The number of carbonyl (C=O) groups excluding carboxylic acids is 2. The minimum atomic E-state index is -0.443. The largest absolute Gasteiger partial charge is 0.369 e. The number of rotatable bonds is 5. The van der Waals surface area contributed by atoms with E-state index in [9.17, 15) is 9.59 Å². The zero-order chi connectivity index (χ0) is 15.5. The maximum atomic E-state index is 12.1. The number of primary amides is 1. The number of hydrogen-bond acceptors (Lipinski definition) is 4. The molecule has 0 aliphatic rings. The molecule has 0 aliphatic heterocycles. The maximum Gasteiger partial charge on any atom is 0.246 e. The third-order valence-electron chi connectivity index (χ3n) is 3.15. The number of anilines is 1. The molecule has 3 N–H and O–H groups in total. The molecule has 1 aromatic carbocycles. The topological polar surface area (TPSA) is 90.0 Å². The van der Waals surface area contributed by atoms with Crippen LogP contribution in [0.15, 0.2) is 41.9 Å². The molecule has 0 saturated heterocycles. The normalized spacial score (nSPS) is 10.7. The van der Waals surface area contributed by atoms with Gasteiger partial charge in [0.15, 0.2) is 5.13 Å². The number of benzene rings is 1. The highest BCUT2D eigenvalue weighted by atomic mass is 32.1. The number of para-hydroxylation sites is 1. The fourth-order valence-corrected chi connectivity index (χ4v) is 2.94. The third-order valence-corrected chi connectivity index (χ3v) is 3.95. The number of aromatic nitrogens is 2. The Morgan fingerprint density at radius 2 is 2.09 bits per heavy atom. The van der Waals surface area contributed by atoms with Gasteiger partial charge in [0.25, 0.3) is 0 Å². The molecule has 2 amide bonds. The van der Waals surface area contributed by atoms with Crippen molar-refractivity contribution in [3.63, 3.8) is 0 Å². The van der Waals surface area contributed by atoms with Crippen LogP contribution in [0.5, 0.6) is 0 Å². The Labute approximate surface area is 130 Å². The van der Waals surface area contributed by atoms with Gasteiger partial charge in [-0.3, -0.25) is 9.59 Å². The molecule has 22 heavy (non-hydrogen) atoms.